The average Bonchev–Trinajstić information content (AvgIpc) is 2.15. The van der Waals surface area contributed by atoms with Crippen LogP contribution in [0.25, 0.3) is 0 Å². The second-order valence-electron chi connectivity index (χ2n) is 5.74. The summed E-state index contributed by atoms with van der Waals surface area (Å²) in [7, 11) is 0. The van der Waals surface area contributed by atoms with E-state index in [1.807, 2.05) is 0 Å². The van der Waals surface area contributed by atoms with E-state index >= 15 is 0 Å². The van der Waals surface area contributed by atoms with E-state index in [1.165, 1.54) is 4.90 Å². The molecule has 1 aliphatic rings. The lowest BCUT2D eigenvalue weighted by Crippen LogP contribution is -2.54. The molecule has 1 amide bonds. The van der Waals surface area contributed by atoms with Crippen molar-refractivity contribution in [2.75, 3.05) is 13.1 Å². The predicted octanol–water partition coefficient (Wildman–Crippen LogP) is 2.89. The molecule has 1 atom stereocenters. The predicted molar refractivity (Wildman–Crippen MR) is 64.6 cm³/mol. The Balaban J connectivity index is 2.55. The Bertz CT molecular complexity index is 313. The number of halogens is 3. The van der Waals surface area contributed by atoms with Crippen LogP contribution in [0.15, 0.2) is 0 Å². The molecule has 0 saturated carbocycles. The zero-order valence-corrected chi connectivity index (χ0v) is 11.5. The average molecular weight is 282 g/mol. The number of piperidine rings is 1. The Labute approximate surface area is 111 Å². The molecule has 1 saturated heterocycles. The van der Waals surface area contributed by atoms with E-state index in [4.69, 9.17) is 4.74 Å². The summed E-state index contributed by atoms with van der Waals surface area (Å²) in [5.74, 6) is 0. The van der Waals surface area contributed by atoms with Gasteiger partial charge in [-0.15, -0.1) is 0 Å². The third-order valence-corrected chi connectivity index (χ3v) is 2.68. The van der Waals surface area contributed by atoms with E-state index in [0.29, 0.717) is 19.4 Å². The summed E-state index contributed by atoms with van der Waals surface area (Å²) in [6.07, 6.45) is -3.52. The quantitative estimate of drug-likeness (QED) is 0.846. The maximum absolute atomic E-state index is 12.4. The molecular formula is C12H21F3N2O2. The lowest BCUT2D eigenvalue weighted by atomic mass is 10.1. The maximum atomic E-state index is 12.4. The minimum absolute atomic E-state index is 0.333. The van der Waals surface area contributed by atoms with Crippen molar-refractivity contribution < 1.29 is 22.7 Å². The Morgan fingerprint density at radius 1 is 1.32 bits per heavy atom. The fraction of sp³-hybridized carbons (Fsp3) is 0.917. The number of alkyl carbamates (subject to hydrolysis) is 1. The van der Waals surface area contributed by atoms with Gasteiger partial charge in [-0.1, -0.05) is 0 Å². The number of carbonyl (C=O) groups is 1. The fourth-order valence-corrected chi connectivity index (χ4v) is 2.02. The van der Waals surface area contributed by atoms with Crippen LogP contribution >= 0.6 is 0 Å². The Kier molecular flexibility index (Phi) is 5.06. The van der Waals surface area contributed by atoms with E-state index in [0.717, 1.165) is 6.42 Å². The monoisotopic (exact) mass is 282 g/mol. The van der Waals surface area contributed by atoms with Crippen LogP contribution in [-0.2, 0) is 4.74 Å². The van der Waals surface area contributed by atoms with Crippen LogP contribution in [0.2, 0.25) is 0 Å². The Hall–Kier alpha value is -0.980. The first kappa shape index (κ1) is 16.1. The minimum atomic E-state index is -4.26. The standard InChI is InChI=1S/C12H21F3N2O2/c1-11(2,3)19-10(18)16-9-6-4-5-7-17(9)8-12(13,14)15/h9H,4-8H2,1-3H3,(H,16,18). The molecule has 0 aromatic heterocycles. The van der Waals surface area contributed by atoms with Crippen LogP contribution in [-0.4, -0.2) is 42.0 Å². The van der Waals surface area contributed by atoms with Gasteiger partial charge < -0.3 is 10.1 Å². The molecule has 1 fully saturated rings. The fourth-order valence-electron chi connectivity index (χ4n) is 2.02. The van der Waals surface area contributed by atoms with Crippen molar-refractivity contribution in [3.63, 3.8) is 0 Å². The molecule has 0 aromatic carbocycles. The van der Waals surface area contributed by atoms with Gasteiger partial charge in [-0.3, -0.25) is 4.90 Å². The number of nitrogens with zero attached hydrogens (tertiary/aromatic N) is 1. The molecule has 0 aromatic rings. The SMILES string of the molecule is CC(C)(C)OC(=O)NC1CCCCN1CC(F)(F)F. The van der Waals surface area contributed by atoms with Gasteiger partial charge in [0, 0.05) is 6.54 Å². The topological polar surface area (TPSA) is 41.6 Å². The van der Waals surface area contributed by atoms with Crippen LogP contribution in [0, 0.1) is 0 Å². The van der Waals surface area contributed by atoms with Crippen LogP contribution in [0.5, 0.6) is 0 Å². The van der Waals surface area contributed by atoms with Gasteiger partial charge in [-0.05, 0) is 40.0 Å². The summed E-state index contributed by atoms with van der Waals surface area (Å²) in [4.78, 5) is 12.8. The molecule has 1 unspecified atom stereocenters. The molecule has 1 rings (SSSR count). The van der Waals surface area contributed by atoms with E-state index in [2.05, 4.69) is 5.32 Å². The Morgan fingerprint density at radius 3 is 2.47 bits per heavy atom. The highest BCUT2D eigenvalue weighted by molar-refractivity contribution is 5.68. The number of carbonyl (C=O) groups excluding carboxylic acids is 1. The molecule has 1 N–H and O–H groups in total. The zero-order valence-electron chi connectivity index (χ0n) is 11.5. The smallest absolute Gasteiger partial charge is 0.408 e. The summed E-state index contributed by atoms with van der Waals surface area (Å²) >= 11 is 0. The van der Waals surface area contributed by atoms with Crippen molar-refractivity contribution in [2.24, 2.45) is 0 Å². The number of hydrogen-bond donors (Lipinski definition) is 1. The zero-order chi connectivity index (χ0) is 14.7. The second-order valence-corrected chi connectivity index (χ2v) is 5.74. The lowest BCUT2D eigenvalue weighted by molar-refractivity contribution is -0.155. The molecule has 0 spiro atoms. The van der Waals surface area contributed by atoms with Crippen LogP contribution < -0.4 is 5.32 Å². The van der Waals surface area contributed by atoms with E-state index in [1.54, 1.807) is 20.8 Å². The van der Waals surface area contributed by atoms with E-state index in [-0.39, 0.29) is 0 Å². The van der Waals surface area contributed by atoms with Gasteiger partial charge in [0.2, 0.25) is 0 Å². The molecule has 1 aliphatic heterocycles. The lowest BCUT2D eigenvalue weighted by Gasteiger charge is -2.36. The van der Waals surface area contributed by atoms with E-state index in [9.17, 15) is 18.0 Å². The number of rotatable bonds is 2. The van der Waals surface area contributed by atoms with Crippen molar-refractivity contribution >= 4 is 6.09 Å². The molecule has 4 nitrogen and oxygen atoms in total. The third-order valence-electron chi connectivity index (χ3n) is 2.68. The van der Waals surface area contributed by atoms with Crippen LogP contribution in [0.3, 0.4) is 0 Å². The third kappa shape index (κ3) is 6.66. The van der Waals surface area contributed by atoms with Gasteiger partial charge in [0.25, 0.3) is 0 Å². The normalized spacial score (nSPS) is 22.1. The molecule has 19 heavy (non-hydrogen) atoms. The molecule has 0 radical (unpaired) electrons. The van der Waals surface area contributed by atoms with Crippen LogP contribution in [0.4, 0.5) is 18.0 Å². The van der Waals surface area contributed by atoms with Gasteiger partial charge in [-0.2, -0.15) is 13.2 Å². The van der Waals surface area contributed by atoms with Gasteiger partial charge in [-0.25, -0.2) is 4.79 Å². The molecule has 0 bridgehead atoms. The molecular weight excluding hydrogens is 261 g/mol. The van der Waals surface area contributed by atoms with Gasteiger partial charge in [0.1, 0.15) is 5.60 Å². The highest BCUT2D eigenvalue weighted by Gasteiger charge is 2.35. The van der Waals surface area contributed by atoms with E-state index < -0.39 is 30.6 Å². The first-order valence-electron chi connectivity index (χ1n) is 6.37. The summed E-state index contributed by atoms with van der Waals surface area (Å²) in [6.45, 7) is 4.45. The first-order chi connectivity index (χ1) is 8.57. The van der Waals surface area contributed by atoms with Gasteiger partial charge >= 0.3 is 12.3 Å². The molecule has 7 heteroatoms. The number of likely N-dealkylation sites (tertiary alicyclic amines) is 1. The highest BCUT2D eigenvalue weighted by Crippen LogP contribution is 2.22. The van der Waals surface area contributed by atoms with Crippen molar-refractivity contribution in [3.05, 3.63) is 0 Å². The summed E-state index contributed by atoms with van der Waals surface area (Å²) in [5.41, 5.74) is -0.659. The molecule has 1 heterocycles. The van der Waals surface area contributed by atoms with Crippen molar-refractivity contribution in [1.29, 1.82) is 0 Å². The summed E-state index contributed by atoms with van der Waals surface area (Å²) < 4.78 is 42.4. The number of hydrogen-bond acceptors (Lipinski definition) is 3. The first-order valence-corrected chi connectivity index (χ1v) is 6.37. The molecule has 112 valence electrons. The van der Waals surface area contributed by atoms with Crippen molar-refractivity contribution in [1.82, 2.24) is 10.2 Å². The number of nitrogens with one attached hydrogen (secondary N) is 1. The van der Waals surface area contributed by atoms with Crippen molar-refractivity contribution in [3.8, 4) is 0 Å². The molecule has 0 aliphatic carbocycles. The second kappa shape index (κ2) is 5.98. The number of alkyl halides is 3. The van der Waals surface area contributed by atoms with Gasteiger partial charge in [0.05, 0.1) is 12.7 Å². The Morgan fingerprint density at radius 2 is 1.95 bits per heavy atom. The van der Waals surface area contributed by atoms with Gasteiger partial charge in [0.15, 0.2) is 0 Å². The van der Waals surface area contributed by atoms with Crippen LogP contribution in [0.1, 0.15) is 40.0 Å². The minimum Gasteiger partial charge on any atom is -0.444 e. The highest BCUT2D eigenvalue weighted by atomic mass is 19.4. The number of amides is 1. The van der Waals surface area contributed by atoms with Crippen molar-refractivity contribution in [2.45, 2.75) is 58.0 Å². The summed E-state index contributed by atoms with van der Waals surface area (Å²) in [6, 6.07) is 0. The number of ether oxygens (including phenoxy) is 1. The maximum Gasteiger partial charge on any atom is 0.408 e. The largest absolute Gasteiger partial charge is 0.444 e. The summed E-state index contributed by atoms with van der Waals surface area (Å²) in [5, 5.41) is 2.51.